The van der Waals surface area contributed by atoms with Gasteiger partial charge >= 0.3 is 0 Å². The Hall–Kier alpha value is -0.890. The van der Waals surface area contributed by atoms with Crippen LogP contribution >= 0.6 is 0 Å². The van der Waals surface area contributed by atoms with Crippen molar-refractivity contribution in [1.82, 2.24) is 5.32 Å². The van der Waals surface area contributed by atoms with E-state index in [2.05, 4.69) is 38.7 Å². The van der Waals surface area contributed by atoms with E-state index in [1.54, 1.807) is 6.08 Å². The van der Waals surface area contributed by atoms with Crippen molar-refractivity contribution in [2.45, 2.75) is 45.1 Å². The van der Waals surface area contributed by atoms with Crippen molar-refractivity contribution in [3.63, 3.8) is 0 Å². The Balaban J connectivity index is 2.16. The number of nitrogens with one attached hydrogen (secondary N) is 1. The van der Waals surface area contributed by atoms with E-state index < -0.39 is 0 Å². The molecule has 0 aromatic carbocycles. The van der Waals surface area contributed by atoms with Crippen LogP contribution in [0.5, 0.6) is 0 Å². The van der Waals surface area contributed by atoms with Crippen molar-refractivity contribution in [2.24, 2.45) is 17.8 Å². The summed E-state index contributed by atoms with van der Waals surface area (Å²) < 4.78 is 11.6. The minimum absolute atomic E-state index is 0.121. The molecule has 2 saturated heterocycles. The van der Waals surface area contributed by atoms with E-state index in [0.29, 0.717) is 24.5 Å². The first-order chi connectivity index (χ1) is 8.98. The standard InChI is InChI=1S/C15H24N2O2/c1-5-6-18-14-12(8-16)11-7-15(3,4)19-9-13(11)10(2)17-14/h5,10-14,17H,1,6-7,9H2,2-4H3. The highest BCUT2D eigenvalue weighted by Crippen LogP contribution is 2.42. The van der Waals surface area contributed by atoms with Gasteiger partial charge in [-0.3, -0.25) is 5.32 Å². The van der Waals surface area contributed by atoms with Crippen LogP contribution < -0.4 is 5.32 Å². The van der Waals surface area contributed by atoms with Gasteiger partial charge in [0.05, 0.1) is 30.8 Å². The summed E-state index contributed by atoms with van der Waals surface area (Å²) in [6.07, 6.45) is 2.43. The maximum Gasteiger partial charge on any atom is 0.125 e. The number of rotatable bonds is 3. The van der Waals surface area contributed by atoms with Gasteiger partial charge in [0.1, 0.15) is 6.23 Å². The number of hydrogen-bond donors (Lipinski definition) is 1. The minimum atomic E-state index is -0.201. The molecule has 0 aromatic heterocycles. The first-order valence-corrected chi connectivity index (χ1v) is 7.00. The lowest BCUT2D eigenvalue weighted by atomic mass is 9.68. The Morgan fingerprint density at radius 3 is 2.89 bits per heavy atom. The molecule has 2 rings (SSSR count). The van der Waals surface area contributed by atoms with Crippen LogP contribution in [-0.4, -0.2) is 31.1 Å². The smallest absolute Gasteiger partial charge is 0.125 e. The van der Waals surface area contributed by atoms with Gasteiger partial charge in [0.15, 0.2) is 0 Å². The van der Waals surface area contributed by atoms with Crippen molar-refractivity contribution in [3.8, 4) is 6.07 Å². The second kappa shape index (κ2) is 5.62. The van der Waals surface area contributed by atoms with Crippen LogP contribution in [0.4, 0.5) is 0 Å². The second-order valence-electron chi connectivity index (χ2n) is 6.26. The molecule has 2 aliphatic rings. The average molecular weight is 264 g/mol. The van der Waals surface area contributed by atoms with Crippen LogP contribution in [0.2, 0.25) is 0 Å². The lowest BCUT2D eigenvalue weighted by Gasteiger charge is -2.50. The molecule has 4 nitrogen and oxygen atoms in total. The fourth-order valence-electron chi connectivity index (χ4n) is 3.33. The van der Waals surface area contributed by atoms with E-state index in [1.807, 2.05) is 0 Å². The fourth-order valence-corrected chi connectivity index (χ4v) is 3.33. The topological polar surface area (TPSA) is 54.3 Å². The number of fused-ring (bicyclic) bond motifs is 1. The lowest BCUT2D eigenvalue weighted by Crippen LogP contribution is -2.61. The monoisotopic (exact) mass is 264 g/mol. The first-order valence-electron chi connectivity index (χ1n) is 7.00. The van der Waals surface area contributed by atoms with E-state index in [0.717, 1.165) is 13.0 Å². The number of hydrogen-bond acceptors (Lipinski definition) is 4. The molecule has 0 radical (unpaired) electrons. The Morgan fingerprint density at radius 1 is 1.53 bits per heavy atom. The van der Waals surface area contributed by atoms with E-state index in [9.17, 15) is 5.26 Å². The van der Waals surface area contributed by atoms with Crippen LogP contribution in [-0.2, 0) is 9.47 Å². The van der Waals surface area contributed by atoms with Crippen molar-refractivity contribution in [2.75, 3.05) is 13.2 Å². The molecule has 4 heteroatoms. The molecule has 106 valence electrons. The quantitative estimate of drug-likeness (QED) is 0.793. The Bertz CT molecular complexity index is 375. The van der Waals surface area contributed by atoms with E-state index in [4.69, 9.17) is 9.47 Å². The molecule has 5 unspecified atom stereocenters. The van der Waals surface area contributed by atoms with Crippen LogP contribution in [0, 0.1) is 29.1 Å². The summed E-state index contributed by atoms with van der Waals surface area (Å²) in [6, 6.07) is 2.75. The molecule has 19 heavy (non-hydrogen) atoms. The summed E-state index contributed by atoms with van der Waals surface area (Å²) in [4.78, 5) is 0. The Labute approximate surface area is 115 Å². The molecule has 2 fully saturated rings. The van der Waals surface area contributed by atoms with Gasteiger partial charge in [-0.25, -0.2) is 0 Å². The third kappa shape index (κ3) is 3.00. The highest BCUT2D eigenvalue weighted by Gasteiger charge is 2.48. The Morgan fingerprint density at radius 2 is 2.26 bits per heavy atom. The van der Waals surface area contributed by atoms with E-state index >= 15 is 0 Å². The van der Waals surface area contributed by atoms with Crippen LogP contribution in [0.1, 0.15) is 27.2 Å². The third-order valence-electron chi connectivity index (χ3n) is 4.34. The van der Waals surface area contributed by atoms with Gasteiger partial charge in [0, 0.05) is 12.0 Å². The summed E-state index contributed by atoms with van der Waals surface area (Å²) in [5.74, 6) is 0.602. The van der Waals surface area contributed by atoms with Gasteiger partial charge in [-0.05, 0) is 33.1 Å². The fraction of sp³-hybridized carbons (Fsp3) is 0.800. The summed E-state index contributed by atoms with van der Waals surface area (Å²) in [7, 11) is 0. The largest absolute Gasteiger partial charge is 0.375 e. The molecule has 0 spiro atoms. The number of nitriles is 1. The van der Waals surface area contributed by atoms with Gasteiger partial charge in [0.25, 0.3) is 0 Å². The first kappa shape index (κ1) is 14.5. The maximum atomic E-state index is 9.52. The maximum absolute atomic E-state index is 9.52. The van der Waals surface area contributed by atoms with Crippen LogP contribution in [0.25, 0.3) is 0 Å². The number of piperidine rings is 1. The molecule has 0 amide bonds. The average Bonchev–Trinajstić information content (AvgIpc) is 2.35. The van der Waals surface area contributed by atoms with Crippen LogP contribution in [0.15, 0.2) is 12.7 Å². The molecular formula is C15H24N2O2. The van der Waals surface area contributed by atoms with Crippen LogP contribution in [0.3, 0.4) is 0 Å². The number of ether oxygens (including phenoxy) is 2. The van der Waals surface area contributed by atoms with Gasteiger partial charge in [-0.2, -0.15) is 5.26 Å². The molecular weight excluding hydrogens is 240 g/mol. The van der Waals surface area contributed by atoms with Gasteiger partial charge < -0.3 is 9.47 Å². The molecule has 0 aliphatic carbocycles. The molecule has 5 atom stereocenters. The summed E-state index contributed by atoms with van der Waals surface area (Å²) >= 11 is 0. The predicted molar refractivity (Wildman–Crippen MR) is 73.3 cm³/mol. The highest BCUT2D eigenvalue weighted by molar-refractivity contribution is 5.05. The lowest BCUT2D eigenvalue weighted by molar-refractivity contribution is -0.154. The number of nitrogens with zero attached hydrogens (tertiary/aromatic N) is 1. The zero-order valence-electron chi connectivity index (χ0n) is 12.1. The van der Waals surface area contributed by atoms with E-state index in [1.165, 1.54) is 0 Å². The van der Waals surface area contributed by atoms with Crippen molar-refractivity contribution in [3.05, 3.63) is 12.7 Å². The SMILES string of the molecule is C=CCOC1NC(C)C2COC(C)(C)CC2C1C#N. The van der Waals surface area contributed by atoms with Gasteiger partial charge in [-0.15, -0.1) is 6.58 Å². The minimum Gasteiger partial charge on any atom is -0.375 e. The van der Waals surface area contributed by atoms with Gasteiger partial charge in [0.2, 0.25) is 0 Å². The molecule has 2 heterocycles. The van der Waals surface area contributed by atoms with Crippen molar-refractivity contribution >= 4 is 0 Å². The van der Waals surface area contributed by atoms with Gasteiger partial charge in [-0.1, -0.05) is 6.08 Å². The normalized spacial score (nSPS) is 41.1. The predicted octanol–water partition coefficient (Wildman–Crippen LogP) is 2.08. The van der Waals surface area contributed by atoms with E-state index in [-0.39, 0.29) is 17.7 Å². The summed E-state index contributed by atoms with van der Waals surface area (Å²) in [5.41, 5.74) is -0.143. The third-order valence-corrected chi connectivity index (χ3v) is 4.34. The zero-order valence-corrected chi connectivity index (χ0v) is 12.1. The Kier molecular flexibility index (Phi) is 4.29. The molecule has 0 saturated carbocycles. The zero-order chi connectivity index (χ0) is 14.0. The molecule has 0 aromatic rings. The van der Waals surface area contributed by atoms with Crippen molar-refractivity contribution < 1.29 is 9.47 Å². The molecule has 2 aliphatic heterocycles. The highest BCUT2D eigenvalue weighted by atomic mass is 16.5. The summed E-state index contributed by atoms with van der Waals surface area (Å²) in [5, 5.41) is 12.9. The molecule has 1 N–H and O–H groups in total. The van der Waals surface area contributed by atoms with Crippen molar-refractivity contribution in [1.29, 1.82) is 5.26 Å². The second-order valence-corrected chi connectivity index (χ2v) is 6.26. The summed E-state index contributed by atoms with van der Waals surface area (Å²) in [6.45, 7) is 11.2. The molecule has 0 bridgehead atoms.